The van der Waals surface area contributed by atoms with Crippen LogP contribution < -0.4 is 10.6 Å². The maximum absolute atomic E-state index is 12.7. The summed E-state index contributed by atoms with van der Waals surface area (Å²) in [6.45, 7) is 4.10. The van der Waals surface area contributed by atoms with E-state index in [-0.39, 0.29) is 11.9 Å². The Morgan fingerprint density at radius 2 is 1.92 bits per heavy atom. The quantitative estimate of drug-likeness (QED) is 0.786. The molecule has 4 nitrogen and oxygen atoms in total. The fraction of sp³-hybridized carbons (Fsp3) is 0.368. The van der Waals surface area contributed by atoms with Gasteiger partial charge in [-0.3, -0.25) is 9.59 Å². The molecule has 24 heavy (non-hydrogen) atoms. The molecule has 0 aliphatic carbocycles. The van der Waals surface area contributed by atoms with Crippen LogP contribution in [0.3, 0.4) is 0 Å². The summed E-state index contributed by atoms with van der Waals surface area (Å²) in [6.07, 6.45) is 3.15. The average molecular weight is 344 g/mol. The van der Waals surface area contributed by atoms with Crippen LogP contribution in [0.2, 0.25) is 0 Å². The molecule has 0 aliphatic heterocycles. The summed E-state index contributed by atoms with van der Waals surface area (Å²) in [5.74, 6) is -0.341. The molecule has 1 heterocycles. The lowest BCUT2D eigenvalue weighted by atomic mass is 10.1. The van der Waals surface area contributed by atoms with Gasteiger partial charge < -0.3 is 10.6 Å². The van der Waals surface area contributed by atoms with E-state index in [0.29, 0.717) is 12.0 Å². The summed E-state index contributed by atoms with van der Waals surface area (Å²) in [7, 11) is 0. The normalized spacial score (nSPS) is 11.9. The lowest BCUT2D eigenvalue weighted by Gasteiger charge is -2.29. The second kappa shape index (κ2) is 8.64. The van der Waals surface area contributed by atoms with E-state index in [1.807, 2.05) is 17.9 Å². The smallest absolute Gasteiger partial charge is 0.248 e. The van der Waals surface area contributed by atoms with Gasteiger partial charge >= 0.3 is 0 Å². The van der Waals surface area contributed by atoms with Gasteiger partial charge in [-0.15, -0.1) is 11.3 Å². The molecule has 0 radical (unpaired) electrons. The van der Waals surface area contributed by atoms with Gasteiger partial charge in [0.2, 0.25) is 11.8 Å². The van der Waals surface area contributed by atoms with Crippen LogP contribution in [-0.2, 0) is 11.2 Å². The molecule has 0 aliphatic rings. The summed E-state index contributed by atoms with van der Waals surface area (Å²) in [5.41, 5.74) is 6.55. The van der Waals surface area contributed by atoms with Crippen LogP contribution in [0.1, 0.15) is 48.3 Å². The zero-order chi connectivity index (χ0) is 17.5. The summed E-state index contributed by atoms with van der Waals surface area (Å²) in [4.78, 5) is 27.1. The summed E-state index contributed by atoms with van der Waals surface area (Å²) in [5, 5.41) is 2.06. The molecule has 0 saturated carbocycles. The van der Waals surface area contributed by atoms with Crippen molar-refractivity contribution in [1.82, 2.24) is 0 Å². The third kappa shape index (κ3) is 4.68. The monoisotopic (exact) mass is 344 g/mol. The van der Waals surface area contributed by atoms with Gasteiger partial charge in [-0.2, -0.15) is 0 Å². The van der Waals surface area contributed by atoms with Gasteiger partial charge in [0.25, 0.3) is 0 Å². The van der Waals surface area contributed by atoms with Crippen molar-refractivity contribution in [3.8, 4) is 0 Å². The molecule has 2 N–H and O–H groups in total. The van der Waals surface area contributed by atoms with Gasteiger partial charge in [0, 0.05) is 28.6 Å². The van der Waals surface area contributed by atoms with E-state index in [1.165, 1.54) is 4.88 Å². The minimum Gasteiger partial charge on any atom is -0.366 e. The first kappa shape index (κ1) is 18.2. The second-order valence-electron chi connectivity index (χ2n) is 5.87. The van der Waals surface area contributed by atoms with Gasteiger partial charge in [-0.25, -0.2) is 0 Å². The highest BCUT2D eigenvalue weighted by molar-refractivity contribution is 7.09. The first-order chi connectivity index (χ1) is 11.5. The maximum atomic E-state index is 12.7. The van der Waals surface area contributed by atoms with Gasteiger partial charge in [-0.1, -0.05) is 13.0 Å². The van der Waals surface area contributed by atoms with Crippen molar-refractivity contribution in [1.29, 1.82) is 0 Å². The van der Waals surface area contributed by atoms with Crippen LogP contribution in [0.5, 0.6) is 0 Å². The van der Waals surface area contributed by atoms with E-state index in [1.54, 1.807) is 35.6 Å². The minimum absolute atomic E-state index is 0.110. The summed E-state index contributed by atoms with van der Waals surface area (Å²) < 4.78 is 0. The topological polar surface area (TPSA) is 63.4 Å². The van der Waals surface area contributed by atoms with E-state index in [9.17, 15) is 9.59 Å². The number of carbonyl (C=O) groups is 2. The summed E-state index contributed by atoms with van der Waals surface area (Å²) in [6, 6.07) is 11.2. The zero-order valence-corrected chi connectivity index (χ0v) is 15.0. The molecule has 1 atom stereocenters. The first-order valence-corrected chi connectivity index (χ1v) is 9.15. The van der Waals surface area contributed by atoms with Gasteiger partial charge in [0.05, 0.1) is 0 Å². The Hall–Kier alpha value is -2.14. The van der Waals surface area contributed by atoms with Crippen molar-refractivity contribution in [3.63, 3.8) is 0 Å². The molecular weight excluding hydrogens is 320 g/mol. The van der Waals surface area contributed by atoms with Crippen molar-refractivity contribution < 1.29 is 9.59 Å². The highest BCUT2D eigenvalue weighted by atomic mass is 32.1. The fourth-order valence-corrected chi connectivity index (χ4v) is 3.35. The Bertz CT molecular complexity index is 665. The molecule has 0 bridgehead atoms. The highest BCUT2D eigenvalue weighted by Gasteiger charge is 2.20. The first-order valence-electron chi connectivity index (χ1n) is 8.27. The maximum Gasteiger partial charge on any atom is 0.248 e. The van der Waals surface area contributed by atoms with Crippen LogP contribution in [-0.4, -0.2) is 17.9 Å². The number of anilines is 1. The van der Waals surface area contributed by atoms with E-state index >= 15 is 0 Å². The largest absolute Gasteiger partial charge is 0.366 e. The lowest BCUT2D eigenvalue weighted by Crippen LogP contribution is -2.38. The predicted molar refractivity (Wildman–Crippen MR) is 99.5 cm³/mol. The molecule has 0 saturated heterocycles. The van der Waals surface area contributed by atoms with Crippen LogP contribution in [0.4, 0.5) is 5.69 Å². The summed E-state index contributed by atoms with van der Waals surface area (Å²) >= 11 is 1.73. The number of benzene rings is 1. The lowest BCUT2D eigenvalue weighted by molar-refractivity contribution is -0.119. The molecule has 1 unspecified atom stereocenters. The Labute approximate surface area is 147 Å². The van der Waals surface area contributed by atoms with Gasteiger partial charge in [0.1, 0.15) is 0 Å². The number of aryl methyl sites for hydroxylation is 1. The number of hydrogen-bond acceptors (Lipinski definition) is 3. The number of hydrogen-bond donors (Lipinski definition) is 1. The van der Waals surface area contributed by atoms with Crippen LogP contribution >= 0.6 is 11.3 Å². The number of amides is 2. The molecule has 1 aromatic carbocycles. The van der Waals surface area contributed by atoms with Gasteiger partial charge in [0.15, 0.2) is 0 Å². The molecule has 0 fully saturated rings. The molecule has 2 amide bonds. The Morgan fingerprint density at radius 1 is 1.21 bits per heavy atom. The molecule has 1 aromatic heterocycles. The average Bonchev–Trinajstić information content (AvgIpc) is 3.08. The number of nitrogens with zero attached hydrogens (tertiary/aromatic N) is 1. The van der Waals surface area contributed by atoms with E-state index in [0.717, 1.165) is 24.9 Å². The van der Waals surface area contributed by atoms with Crippen molar-refractivity contribution in [2.75, 3.05) is 4.90 Å². The number of nitrogens with two attached hydrogens (primary N) is 1. The van der Waals surface area contributed by atoms with Crippen molar-refractivity contribution in [2.45, 2.75) is 45.6 Å². The number of rotatable bonds is 8. The predicted octanol–water partition coefficient (Wildman–Crippen LogP) is 4.00. The van der Waals surface area contributed by atoms with E-state index in [2.05, 4.69) is 18.4 Å². The Kier molecular flexibility index (Phi) is 6.55. The molecular formula is C19H24N2O2S. The van der Waals surface area contributed by atoms with E-state index < -0.39 is 5.91 Å². The van der Waals surface area contributed by atoms with Crippen LogP contribution in [0.15, 0.2) is 41.8 Å². The zero-order valence-electron chi connectivity index (χ0n) is 14.2. The number of thiophene rings is 1. The van der Waals surface area contributed by atoms with Crippen molar-refractivity contribution in [3.05, 3.63) is 52.2 Å². The number of primary amides is 1. The van der Waals surface area contributed by atoms with Crippen LogP contribution in [0, 0.1) is 0 Å². The van der Waals surface area contributed by atoms with Gasteiger partial charge in [-0.05, 0) is 61.9 Å². The van der Waals surface area contributed by atoms with Crippen molar-refractivity contribution in [2.24, 2.45) is 5.73 Å². The molecule has 2 aromatic rings. The Morgan fingerprint density at radius 3 is 2.46 bits per heavy atom. The minimum atomic E-state index is -0.459. The third-order valence-electron chi connectivity index (χ3n) is 4.12. The Balaban J connectivity index is 2.06. The van der Waals surface area contributed by atoms with Crippen LogP contribution in [0.25, 0.3) is 0 Å². The fourth-order valence-electron chi connectivity index (χ4n) is 2.60. The number of carbonyl (C=O) groups excluding carboxylic acids is 2. The molecule has 2 rings (SSSR count). The van der Waals surface area contributed by atoms with Crippen molar-refractivity contribution >= 4 is 28.8 Å². The molecule has 0 spiro atoms. The SMILES string of the molecule is CCC(C)N(C(=O)CCCc1cccs1)c1ccc(C(N)=O)cc1. The molecule has 128 valence electrons. The standard InChI is InChI=1S/C19H24N2O2S/c1-3-14(2)21(16-11-9-15(10-12-16)19(20)23)18(22)8-4-6-17-7-5-13-24-17/h5,7,9-14H,3-4,6,8H2,1-2H3,(H2,20,23). The van der Waals surface area contributed by atoms with E-state index in [4.69, 9.17) is 5.73 Å². The third-order valence-corrected chi connectivity index (χ3v) is 5.06. The molecule has 5 heteroatoms. The highest BCUT2D eigenvalue weighted by Crippen LogP contribution is 2.22. The second-order valence-corrected chi connectivity index (χ2v) is 6.90.